The minimum atomic E-state index is 0.644. The number of hydrogen-bond acceptors (Lipinski definition) is 1. The number of rotatable bonds is 0. The molecule has 1 saturated heterocycles. The molecule has 2 fully saturated rings. The molecular formula is C24H46O. The van der Waals surface area contributed by atoms with Crippen LogP contribution in [0.25, 0.3) is 0 Å². The van der Waals surface area contributed by atoms with Gasteiger partial charge in [0.25, 0.3) is 0 Å². The number of hydrogen-bond donors (Lipinski definition) is 0. The standard InChI is InChI=1S/C24H46O/c1-2-4-6-8-10-12-14-16-18-20-22-24-23(25-24)21-19-17-15-13-11-9-7-5-3-1/h23-24H,1-22H2. The van der Waals surface area contributed by atoms with Gasteiger partial charge >= 0.3 is 0 Å². The number of fused-ring (bicyclic) bond motifs is 1. The van der Waals surface area contributed by atoms with Gasteiger partial charge in [0.15, 0.2) is 0 Å². The fraction of sp³-hybridized carbons (Fsp3) is 1.00. The predicted octanol–water partition coefficient (Wildman–Crippen LogP) is 8.35. The molecule has 0 bridgehead atoms. The molecule has 2 aliphatic rings. The molecule has 0 radical (unpaired) electrons. The highest BCUT2D eigenvalue weighted by molar-refractivity contribution is 4.84. The fourth-order valence-corrected chi connectivity index (χ4v) is 4.56. The summed E-state index contributed by atoms with van der Waals surface area (Å²) in [6, 6.07) is 0. The van der Waals surface area contributed by atoms with Gasteiger partial charge in [-0.25, -0.2) is 0 Å². The molecule has 0 amide bonds. The van der Waals surface area contributed by atoms with Crippen LogP contribution in [-0.2, 0) is 4.74 Å². The lowest BCUT2D eigenvalue weighted by Gasteiger charge is -2.04. The molecule has 0 aromatic heterocycles. The Morgan fingerprint density at radius 1 is 0.280 bits per heavy atom. The topological polar surface area (TPSA) is 12.5 Å². The summed E-state index contributed by atoms with van der Waals surface area (Å²) >= 11 is 0. The van der Waals surface area contributed by atoms with E-state index in [1.807, 2.05) is 0 Å². The first kappa shape index (κ1) is 21.3. The van der Waals surface area contributed by atoms with E-state index in [-0.39, 0.29) is 0 Å². The van der Waals surface area contributed by atoms with Gasteiger partial charge in [0, 0.05) is 0 Å². The molecule has 148 valence electrons. The largest absolute Gasteiger partial charge is 0.370 e. The molecule has 2 unspecified atom stereocenters. The highest BCUT2D eigenvalue weighted by Gasteiger charge is 2.36. The molecular weight excluding hydrogens is 304 g/mol. The first-order valence-corrected chi connectivity index (χ1v) is 12.1. The van der Waals surface area contributed by atoms with Gasteiger partial charge < -0.3 is 4.74 Å². The van der Waals surface area contributed by atoms with Crippen molar-refractivity contribution in [3.05, 3.63) is 0 Å². The monoisotopic (exact) mass is 350 g/mol. The maximum Gasteiger partial charge on any atom is 0.0841 e. The Balaban J connectivity index is 1.50. The van der Waals surface area contributed by atoms with Crippen LogP contribution in [0, 0.1) is 0 Å². The Kier molecular flexibility index (Phi) is 12.8. The zero-order chi connectivity index (χ0) is 17.4. The van der Waals surface area contributed by atoms with Crippen molar-refractivity contribution < 1.29 is 4.74 Å². The van der Waals surface area contributed by atoms with Gasteiger partial charge in [-0.2, -0.15) is 0 Å². The highest BCUT2D eigenvalue weighted by atomic mass is 16.6. The quantitative estimate of drug-likeness (QED) is 0.400. The van der Waals surface area contributed by atoms with E-state index in [0.717, 1.165) is 0 Å². The summed E-state index contributed by atoms with van der Waals surface area (Å²) in [5.74, 6) is 0. The summed E-state index contributed by atoms with van der Waals surface area (Å²) in [6.45, 7) is 0. The van der Waals surface area contributed by atoms with Gasteiger partial charge in [0.2, 0.25) is 0 Å². The summed E-state index contributed by atoms with van der Waals surface area (Å²) in [5, 5.41) is 0. The summed E-state index contributed by atoms with van der Waals surface area (Å²) in [5.41, 5.74) is 0. The first-order valence-electron chi connectivity index (χ1n) is 12.1. The Labute approximate surface area is 158 Å². The fourth-order valence-electron chi connectivity index (χ4n) is 4.56. The Bertz CT molecular complexity index is 260. The maximum atomic E-state index is 5.87. The molecule has 0 aromatic rings. The second-order valence-electron chi connectivity index (χ2n) is 8.86. The van der Waals surface area contributed by atoms with Crippen LogP contribution in [0.3, 0.4) is 0 Å². The van der Waals surface area contributed by atoms with E-state index in [9.17, 15) is 0 Å². The Hall–Kier alpha value is -0.0400. The lowest BCUT2D eigenvalue weighted by atomic mass is 10.0. The number of ether oxygens (including phenoxy) is 1. The zero-order valence-corrected chi connectivity index (χ0v) is 17.1. The van der Waals surface area contributed by atoms with Crippen molar-refractivity contribution in [3.8, 4) is 0 Å². The van der Waals surface area contributed by atoms with E-state index in [2.05, 4.69) is 0 Å². The van der Waals surface area contributed by atoms with Crippen LogP contribution in [0.4, 0.5) is 0 Å². The van der Waals surface area contributed by atoms with E-state index in [0.29, 0.717) is 12.2 Å². The average Bonchev–Trinajstić information content (AvgIpc) is 3.37. The van der Waals surface area contributed by atoms with Crippen molar-refractivity contribution in [3.63, 3.8) is 0 Å². The molecule has 1 heteroatoms. The highest BCUT2D eigenvalue weighted by Crippen LogP contribution is 2.32. The van der Waals surface area contributed by atoms with Crippen molar-refractivity contribution in [2.24, 2.45) is 0 Å². The molecule has 1 aliphatic heterocycles. The van der Waals surface area contributed by atoms with E-state index in [1.165, 1.54) is 141 Å². The summed E-state index contributed by atoms with van der Waals surface area (Å²) in [4.78, 5) is 0. The third kappa shape index (κ3) is 12.1. The van der Waals surface area contributed by atoms with Gasteiger partial charge in [-0.3, -0.25) is 0 Å². The molecule has 0 spiro atoms. The second-order valence-corrected chi connectivity index (χ2v) is 8.86. The minimum absolute atomic E-state index is 0.644. The molecule has 1 heterocycles. The van der Waals surface area contributed by atoms with Crippen LogP contribution < -0.4 is 0 Å². The van der Waals surface area contributed by atoms with Crippen molar-refractivity contribution in [2.45, 2.75) is 153 Å². The van der Waals surface area contributed by atoms with Gasteiger partial charge in [0.05, 0.1) is 12.2 Å². The van der Waals surface area contributed by atoms with Crippen LogP contribution >= 0.6 is 0 Å². The van der Waals surface area contributed by atoms with Gasteiger partial charge in [-0.05, 0) is 12.8 Å². The van der Waals surface area contributed by atoms with Gasteiger partial charge in [0.1, 0.15) is 0 Å². The third-order valence-electron chi connectivity index (χ3n) is 6.41. The van der Waals surface area contributed by atoms with Gasteiger partial charge in [-0.1, -0.05) is 128 Å². The normalized spacial score (nSPS) is 30.7. The van der Waals surface area contributed by atoms with Gasteiger partial charge in [-0.15, -0.1) is 0 Å². The van der Waals surface area contributed by atoms with Crippen LogP contribution in [0.2, 0.25) is 0 Å². The third-order valence-corrected chi connectivity index (χ3v) is 6.41. The molecule has 2 rings (SSSR count). The molecule has 0 aromatic carbocycles. The SMILES string of the molecule is C1CCCCCCCCCCCC2OC2CCCCCCCCCC1. The van der Waals surface area contributed by atoms with Crippen molar-refractivity contribution in [1.82, 2.24) is 0 Å². The van der Waals surface area contributed by atoms with Crippen molar-refractivity contribution >= 4 is 0 Å². The molecule has 0 N–H and O–H groups in total. The van der Waals surface area contributed by atoms with Crippen LogP contribution in [0.15, 0.2) is 0 Å². The predicted molar refractivity (Wildman–Crippen MR) is 110 cm³/mol. The van der Waals surface area contributed by atoms with E-state index in [1.54, 1.807) is 0 Å². The van der Waals surface area contributed by atoms with Crippen LogP contribution in [0.1, 0.15) is 141 Å². The van der Waals surface area contributed by atoms with E-state index >= 15 is 0 Å². The Morgan fingerprint density at radius 3 is 0.720 bits per heavy atom. The Morgan fingerprint density at radius 2 is 0.480 bits per heavy atom. The van der Waals surface area contributed by atoms with E-state index < -0.39 is 0 Å². The summed E-state index contributed by atoms with van der Waals surface area (Å²) in [6.07, 6.45) is 33.3. The molecule has 1 aliphatic carbocycles. The molecule has 25 heavy (non-hydrogen) atoms. The molecule has 1 nitrogen and oxygen atoms in total. The zero-order valence-electron chi connectivity index (χ0n) is 17.1. The molecule has 2 atom stereocenters. The lowest BCUT2D eigenvalue weighted by Crippen LogP contribution is -1.95. The van der Waals surface area contributed by atoms with Crippen LogP contribution in [-0.4, -0.2) is 12.2 Å². The summed E-state index contributed by atoms with van der Waals surface area (Å²) in [7, 11) is 0. The lowest BCUT2D eigenvalue weighted by molar-refractivity contribution is 0.347. The minimum Gasteiger partial charge on any atom is -0.370 e. The van der Waals surface area contributed by atoms with Crippen LogP contribution in [0.5, 0.6) is 0 Å². The molecule has 1 saturated carbocycles. The smallest absolute Gasteiger partial charge is 0.0841 e. The van der Waals surface area contributed by atoms with Crippen molar-refractivity contribution in [2.75, 3.05) is 0 Å². The first-order chi connectivity index (χ1) is 12.5. The van der Waals surface area contributed by atoms with Crippen molar-refractivity contribution in [1.29, 1.82) is 0 Å². The second kappa shape index (κ2) is 15.1. The average molecular weight is 351 g/mol. The number of epoxide rings is 1. The maximum absolute atomic E-state index is 5.87. The van der Waals surface area contributed by atoms with E-state index in [4.69, 9.17) is 4.74 Å². The summed E-state index contributed by atoms with van der Waals surface area (Å²) < 4.78 is 5.87.